The van der Waals surface area contributed by atoms with Crippen LogP contribution in [0.2, 0.25) is 0 Å². The predicted molar refractivity (Wildman–Crippen MR) is 131 cm³/mol. The average molecular weight is 477 g/mol. The van der Waals surface area contributed by atoms with Crippen LogP contribution in [-0.2, 0) is 14.3 Å². The number of carboxylic acids is 1. The highest BCUT2D eigenvalue weighted by Crippen LogP contribution is 2.44. The number of amides is 2. The van der Waals surface area contributed by atoms with Crippen LogP contribution in [0.25, 0.3) is 11.1 Å². The first kappa shape index (κ1) is 23.4. The number of hydrogen-bond acceptors (Lipinski definition) is 4. The highest BCUT2D eigenvalue weighted by molar-refractivity contribution is 5.80. The molecular formula is C28H32N2O5. The summed E-state index contributed by atoms with van der Waals surface area (Å²) in [6.07, 6.45) is 1.83. The molecule has 1 aliphatic heterocycles. The lowest BCUT2D eigenvalue weighted by Gasteiger charge is -2.35. The molecule has 0 bridgehead atoms. The molecule has 0 radical (unpaired) electrons. The van der Waals surface area contributed by atoms with Crippen molar-refractivity contribution < 1.29 is 24.2 Å². The molecule has 0 aromatic heterocycles. The smallest absolute Gasteiger partial charge is 0.407 e. The molecule has 184 valence electrons. The maximum absolute atomic E-state index is 12.6. The molecule has 2 N–H and O–H groups in total. The van der Waals surface area contributed by atoms with Crippen molar-refractivity contribution in [2.45, 2.75) is 32.1 Å². The van der Waals surface area contributed by atoms with Crippen molar-refractivity contribution in [1.29, 1.82) is 0 Å². The first-order chi connectivity index (χ1) is 16.9. The van der Waals surface area contributed by atoms with Crippen molar-refractivity contribution in [2.24, 2.45) is 23.7 Å². The second kappa shape index (κ2) is 9.72. The van der Waals surface area contributed by atoms with Gasteiger partial charge in [0.25, 0.3) is 0 Å². The van der Waals surface area contributed by atoms with Gasteiger partial charge in [-0.3, -0.25) is 9.59 Å². The Hall–Kier alpha value is -3.35. The summed E-state index contributed by atoms with van der Waals surface area (Å²) in [6.45, 7) is 3.57. The van der Waals surface area contributed by atoms with E-state index < -0.39 is 18.0 Å². The Morgan fingerprint density at radius 1 is 0.971 bits per heavy atom. The summed E-state index contributed by atoms with van der Waals surface area (Å²) in [5.74, 6) is -0.555. The van der Waals surface area contributed by atoms with E-state index in [9.17, 15) is 19.5 Å². The normalized spacial score (nSPS) is 24.9. The number of nitrogens with zero attached hydrogens (tertiary/aromatic N) is 1. The number of carbonyl (C=O) groups is 3. The van der Waals surface area contributed by atoms with E-state index in [4.69, 9.17) is 4.74 Å². The van der Waals surface area contributed by atoms with Gasteiger partial charge in [0.15, 0.2) is 0 Å². The van der Waals surface area contributed by atoms with Gasteiger partial charge in [0.2, 0.25) is 5.91 Å². The Bertz CT molecular complexity index is 1080. The zero-order valence-electron chi connectivity index (χ0n) is 20.0. The lowest BCUT2D eigenvalue weighted by atomic mass is 9.73. The molecule has 7 heteroatoms. The third kappa shape index (κ3) is 4.77. The lowest BCUT2D eigenvalue weighted by Crippen LogP contribution is -2.39. The molecule has 2 aliphatic carbocycles. The van der Waals surface area contributed by atoms with Crippen LogP contribution in [0.4, 0.5) is 4.79 Å². The molecule has 2 amide bonds. The number of benzene rings is 2. The van der Waals surface area contributed by atoms with Gasteiger partial charge in [-0.25, -0.2) is 4.79 Å². The molecule has 2 atom stereocenters. The SMILES string of the molecule is CC1CN(C(=O)CC2CC(CNC(=O)OCC3c4ccccc4-c4ccccc43)C2)CC1C(=O)O. The van der Waals surface area contributed by atoms with Crippen molar-refractivity contribution in [2.75, 3.05) is 26.2 Å². The van der Waals surface area contributed by atoms with E-state index in [0.29, 0.717) is 44.5 Å². The average Bonchev–Trinajstić information content (AvgIpc) is 3.37. The van der Waals surface area contributed by atoms with Crippen molar-refractivity contribution in [3.05, 3.63) is 59.7 Å². The van der Waals surface area contributed by atoms with Gasteiger partial charge in [-0.2, -0.15) is 0 Å². The van der Waals surface area contributed by atoms with Gasteiger partial charge in [-0.05, 0) is 52.8 Å². The number of carbonyl (C=O) groups excluding carboxylic acids is 2. The molecule has 2 fully saturated rings. The number of carboxylic acid groups (broad SMARTS) is 1. The molecular weight excluding hydrogens is 444 g/mol. The second-order valence-electron chi connectivity index (χ2n) is 10.3. The number of aliphatic carboxylic acids is 1. The molecule has 2 aromatic rings. The van der Waals surface area contributed by atoms with Crippen molar-refractivity contribution in [1.82, 2.24) is 10.2 Å². The van der Waals surface area contributed by atoms with Crippen LogP contribution >= 0.6 is 0 Å². The van der Waals surface area contributed by atoms with Gasteiger partial charge in [0.1, 0.15) is 6.61 Å². The first-order valence-electron chi connectivity index (χ1n) is 12.5. The molecule has 1 saturated carbocycles. The van der Waals surface area contributed by atoms with E-state index in [1.54, 1.807) is 4.90 Å². The van der Waals surface area contributed by atoms with Gasteiger partial charge < -0.3 is 20.1 Å². The van der Waals surface area contributed by atoms with E-state index in [-0.39, 0.29) is 17.7 Å². The number of fused-ring (bicyclic) bond motifs is 3. The van der Waals surface area contributed by atoms with Crippen molar-refractivity contribution in [3.8, 4) is 11.1 Å². The molecule has 5 rings (SSSR count). The minimum absolute atomic E-state index is 0.00741. The number of rotatable bonds is 7. The molecule has 2 aromatic carbocycles. The predicted octanol–water partition coefficient (Wildman–Crippen LogP) is 4.12. The van der Waals surface area contributed by atoms with Gasteiger partial charge in [-0.1, -0.05) is 55.5 Å². The van der Waals surface area contributed by atoms with Gasteiger partial charge in [0.05, 0.1) is 5.92 Å². The van der Waals surface area contributed by atoms with Gasteiger partial charge in [-0.15, -0.1) is 0 Å². The minimum Gasteiger partial charge on any atom is -0.481 e. The van der Waals surface area contributed by atoms with Crippen LogP contribution < -0.4 is 5.32 Å². The molecule has 7 nitrogen and oxygen atoms in total. The van der Waals surface area contributed by atoms with E-state index in [0.717, 1.165) is 12.8 Å². The quantitative estimate of drug-likeness (QED) is 0.627. The van der Waals surface area contributed by atoms with Crippen LogP contribution in [0.5, 0.6) is 0 Å². The Labute approximate surface area is 205 Å². The number of alkyl carbamates (subject to hydrolysis) is 1. The van der Waals surface area contributed by atoms with Crippen LogP contribution in [0.1, 0.15) is 43.2 Å². The fourth-order valence-electron chi connectivity index (χ4n) is 5.95. The number of nitrogens with one attached hydrogen (secondary N) is 1. The summed E-state index contributed by atoms with van der Waals surface area (Å²) in [5.41, 5.74) is 4.79. The van der Waals surface area contributed by atoms with Crippen LogP contribution in [0.3, 0.4) is 0 Å². The second-order valence-corrected chi connectivity index (χ2v) is 10.3. The molecule has 3 aliphatic rings. The first-order valence-corrected chi connectivity index (χ1v) is 12.5. The Balaban J connectivity index is 1.03. The van der Waals surface area contributed by atoms with E-state index in [1.807, 2.05) is 31.2 Å². The summed E-state index contributed by atoms with van der Waals surface area (Å²) in [7, 11) is 0. The molecule has 1 saturated heterocycles. The standard InChI is InChI=1S/C28H32N2O5/c1-17-14-30(15-24(17)27(32)33)26(31)12-18-10-19(11-18)13-29-28(34)35-16-25-22-8-4-2-6-20(22)21-7-3-5-9-23(21)25/h2-9,17-19,24-25H,10-16H2,1H3,(H,29,34)(H,32,33). The topological polar surface area (TPSA) is 95.9 Å². The molecule has 35 heavy (non-hydrogen) atoms. The summed E-state index contributed by atoms with van der Waals surface area (Å²) in [6, 6.07) is 16.5. The lowest BCUT2D eigenvalue weighted by molar-refractivity contribution is -0.142. The third-order valence-corrected chi connectivity index (χ3v) is 7.96. The van der Waals surface area contributed by atoms with Crippen molar-refractivity contribution >= 4 is 18.0 Å². The molecule has 2 unspecified atom stereocenters. The Kier molecular flexibility index (Phi) is 6.50. The van der Waals surface area contributed by atoms with E-state index in [1.165, 1.54) is 22.3 Å². The Morgan fingerprint density at radius 2 is 1.60 bits per heavy atom. The number of likely N-dealkylation sites (tertiary alicyclic amines) is 1. The maximum atomic E-state index is 12.6. The van der Waals surface area contributed by atoms with Crippen LogP contribution in [0, 0.1) is 23.7 Å². The highest BCUT2D eigenvalue weighted by Gasteiger charge is 2.39. The highest BCUT2D eigenvalue weighted by atomic mass is 16.5. The number of ether oxygens (including phenoxy) is 1. The Morgan fingerprint density at radius 3 is 2.20 bits per heavy atom. The van der Waals surface area contributed by atoms with E-state index in [2.05, 4.69) is 29.6 Å². The van der Waals surface area contributed by atoms with Crippen LogP contribution in [-0.4, -0.2) is 54.2 Å². The monoisotopic (exact) mass is 476 g/mol. The number of hydrogen-bond donors (Lipinski definition) is 2. The summed E-state index contributed by atoms with van der Waals surface area (Å²) >= 11 is 0. The largest absolute Gasteiger partial charge is 0.481 e. The zero-order valence-corrected chi connectivity index (χ0v) is 20.0. The van der Waals surface area contributed by atoms with E-state index >= 15 is 0 Å². The fourth-order valence-corrected chi connectivity index (χ4v) is 5.95. The van der Waals surface area contributed by atoms with Gasteiger partial charge in [0, 0.05) is 32.0 Å². The fraction of sp³-hybridized carbons (Fsp3) is 0.464. The van der Waals surface area contributed by atoms with Crippen LogP contribution in [0.15, 0.2) is 48.5 Å². The van der Waals surface area contributed by atoms with Gasteiger partial charge >= 0.3 is 12.1 Å². The summed E-state index contributed by atoms with van der Waals surface area (Å²) in [5, 5.41) is 12.2. The summed E-state index contributed by atoms with van der Waals surface area (Å²) in [4.78, 5) is 37.9. The minimum atomic E-state index is -0.823. The third-order valence-electron chi connectivity index (χ3n) is 7.96. The maximum Gasteiger partial charge on any atom is 0.407 e. The summed E-state index contributed by atoms with van der Waals surface area (Å²) < 4.78 is 5.60. The molecule has 1 heterocycles. The molecule has 0 spiro atoms. The zero-order chi connectivity index (χ0) is 24.5. The van der Waals surface area contributed by atoms with Crippen molar-refractivity contribution in [3.63, 3.8) is 0 Å².